The van der Waals surface area contributed by atoms with Crippen molar-refractivity contribution in [3.63, 3.8) is 0 Å². The van der Waals surface area contributed by atoms with E-state index in [9.17, 15) is 0 Å². The standard InChI is InChI=1S/C18H18ClNO/c1-12-16(9-5-13-3-6-14(19)7-4-13)17-11-15(21-2)8-10-18(17)20-12/h3-4,6-8,10-11,20H,5,9H2,1-2H3. The average Bonchev–Trinajstić information content (AvgIpc) is 2.81. The van der Waals surface area contributed by atoms with Crippen LogP contribution in [0.4, 0.5) is 0 Å². The summed E-state index contributed by atoms with van der Waals surface area (Å²) in [6.45, 7) is 2.13. The van der Waals surface area contributed by atoms with Crippen LogP contribution in [0.1, 0.15) is 16.8 Å². The molecule has 1 N–H and O–H groups in total. The highest BCUT2D eigenvalue weighted by atomic mass is 35.5. The molecule has 2 aromatic carbocycles. The molecule has 21 heavy (non-hydrogen) atoms. The lowest BCUT2D eigenvalue weighted by Crippen LogP contribution is -1.92. The van der Waals surface area contributed by atoms with Crippen molar-refractivity contribution in [2.45, 2.75) is 19.8 Å². The Hall–Kier alpha value is -1.93. The highest BCUT2D eigenvalue weighted by molar-refractivity contribution is 6.30. The molecule has 0 fully saturated rings. The van der Waals surface area contributed by atoms with Gasteiger partial charge in [0, 0.05) is 21.6 Å². The first-order chi connectivity index (χ1) is 10.2. The third-order valence-corrected chi connectivity index (χ3v) is 4.16. The fourth-order valence-corrected chi connectivity index (χ4v) is 2.86. The first-order valence-corrected chi connectivity index (χ1v) is 7.45. The third-order valence-electron chi connectivity index (χ3n) is 3.90. The van der Waals surface area contributed by atoms with Crippen molar-refractivity contribution in [3.8, 4) is 5.75 Å². The van der Waals surface area contributed by atoms with E-state index < -0.39 is 0 Å². The molecule has 0 bridgehead atoms. The summed E-state index contributed by atoms with van der Waals surface area (Å²) < 4.78 is 5.33. The maximum absolute atomic E-state index is 5.93. The molecule has 0 unspecified atom stereocenters. The van der Waals surface area contributed by atoms with Crippen LogP contribution in [-0.4, -0.2) is 12.1 Å². The van der Waals surface area contributed by atoms with Crippen LogP contribution in [0.15, 0.2) is 42.5 Å². The number of halogens is 1. The molecule has 0 saturated carbocycles. The molecule has 0 atom stereocenters. The number of aryl methyl sites for hydroxylation is 3. The molecule has 0 aliphatic carbocycles. The van der Waals surface area contributed by atoms with Crippen LogP contribution in [0.2, 0.25) is 5.02 Å². The fraction of sp³-hybridized carbons (Fsp3) is 0.222. The van der Waals surface area contributed by atoms with Crippen LogP contribution in [0.3, 0.4) is 0 Å². The van der Waals surface area contributed by atoms with Crippen LogP contribution in [-0.2, 0) is 12.8 Å². The molecule has 3 aromatic rings. The van der Waals surface area contributed by atoms with E-state index in [1.54, 1.807) is 7.11 Å². The molecule has 0 radical (unpaired) electrons. The van der Waals surface area contributed by atoms with Gasteiger partial charge in [0.15, 0.2) is 0 Å². The molecule has 0 spiro atoms. The second-order valence-corrected chi connectivity index (χ2v) is 5.70. The molecular formula is C18H18ClNO. The van der Waals surface area contributed by atoms with Gasteiger partial charge in [0.2, 0.25) is 0 Å². The summed E-state index contributed by atoms with van der Waals surface area (Å²) >= 11 is 5.93. The summed E-state index contributed by atoms with van der Waals surface area (Å²) in [5.74, 6) is 0.897. The highest BCUT2D eigenvalue weighted by Gasteiger charge is 2.09. The zero-order valence-electron chi connectivity index (χ0n) is 12.2. The zero-order chi connectivity index (χ0) is 14.8. The first kappa shape index (κ1) is 14.0. The first-order valence-electron chi connectivity index (χ1n) is 7.07. The van der Waals surface area contributed by atoms with Gasteiger partial charge in [0.25, 0.3) is 0 Å². The Morgan fingerprint density at radius 1 is 1.05 bits per heavy atom. The van der Waals surface area contributed by atoms with Crippen molar-refractivity contribution in [2.75, 3.05) is 7.11 Å². The van der Waals surface area contributed by atoms with Gasteiger partial charge in [-0.3, -0.25) is 0 Å². The van der Waals surface area contributed by atoms with E-state index in [1.807, 2.05) is 18.2 Å². The summed E-state index contributed by atoms with van der Waals surface area (Å²) in [6.07, 6.45) is 2.00. The van der Waals surface area contributed by atoms with Gasteiger partial charge in [-0.1, -0.05) is 23.7 Å². The molecule has 3 heteroatoms. The van der Waals surface area contributed by atoms with Crippen LogP contribution >= 0.6 is 11.6 Å². The Balaban J connectivity index is 1.88. The van der Waals surface area contributed by atoms with Gasteiger partial charge in [-0.25, -0.2) is 0 Å². The smallest absolute Gasteiger partial charge is 0.119 e. The van der Waals surface area contributed by atoms with Crippen molar-refractivity contribution < 1.29 is 4.74 Å². The van der Waals surface area contributed by atoms with Gasteiger partial charge < -0.3 is 9.72 Å². The summed E-state index contributed by atoms with van der Waals surface area (Å²) in [6, 6.07) is 14.2. The van der Waals surface area contributed by atoms with Gasteiger partial charge in [-0.2, -0.15) is 0 Å². The third kappa shape index (κ3) is 2.91. The zero-order valence-corrected chi connectivity index (χ0v) is 13.0. The maximum Gasteiger partial charge on any atom is 0.119 e. The summed E-state index contributed by atoms with van der Waals surface area (Å²) in [4.78, 5) is 3.45. The summed E-state index contributed by atoms with van der Waals surface area (Å²) in [7, 11) is 1.70. The topological polar surface area (TPSA) is 25.0 Å². The minimum Gasteiger partial charge on any atom is -0.497 e. The predicted octanol–water partition coefficient (Wildman–Crippen LogP) is 4.92. The molecule has 108 valence electrons. The Labute approximate surface area is 129 Å². The number of H-pyrrole nitrogens is 1. The normalized spacial score (nSPS) is 11.0. The fourth-order valence-electron chi connectivity index (χ4n) is 2.73. The quantitative estimate of drug-likeness (QED) is 0.726. The molecule has 0 saturated heterocycles. The van der Waals surface area contributed by atoms with Crippen molar-refractivity contribution >= 4 is 22.5 Å². The Bertz CT molecular complexity index is 759. The lowest BCUT2D eigenvalue weighted by atomic mass is 10.0. The number of rotatable bonds is 4. The van der Waals surface area contributed by atoms with E-state index in [2.05, 4.69) is 36.2 Å². The van der Waals surface area contributed by atoms with Crippen molar-refractivity contribution in [1.29, 1.82) is 0 Å². The SMILES string of the molecule is COc1ccc2[nH]c(C)c(CCc3ccc(Cl)cc3)c2c1. The number of ether oxygens (including phenoxy) is 1. The molecule has 1 heterocycles. The number of aromatic amines is 1. The summed E-state index contributed by atoms with van der Waals surface area (Å²) in [5.41, 5.74) is 5.06. The van der Waals surface area contributed by atoms with E-state index in [0.29, 0.717) is 0 Å². The minimum atomic E-state index is 0.784. The van der Waals surface area contributed by atoms with E-state index >= 15 is 0 Å². The highest BCUT2D eigenvalue weighted by Crippen LogP contribution is 2.27. The molecule has 2 nitrogen and oxygen atoms in total. The van der Waals surface area contributed by atoms with Gasteiger partial charge >= 0.3 is 0 Å². The molecule has 0 aliphatic heterocycles. The molecule has 0 aliphatic rings. The number of methoxy groups -OCH3 is 1. The Morgan fingerprint density at radius 3 is 2.52 bits per heavy atom. The van der Waals surface area contributed by atoms with Crippen LogP contribution in [0.25, 0.3) is 10.9 Å². The van der Waals surface area contributed by atoms with Gasteiger partial charge in [0.1, 0.15) is 5.75 Å². The van der Waals surface area contributed by atoms with Gasteiger partial charge in [-0.05, 0) is 61.2 Å². The Morgan fingerprint density at radius 2 is 1.81 bits per heavy atom. The van der Waals surface area contributed by atoms with Crippen LogP contribution in [0.5, 0.6) is 5.75 Å². The van der Waals surface area contributed by atoms with Crippen LogP contribution < -0.4 is 4.74 Å². The largest absolute Gasteiger partial charge is 0.497 e. The van der Waals surface area contributed by atoms with Crippen molar-refractivity contribution in [3.05, 3.63) is 64.3 Å². The molecule has 3 rings (SSSR count). The maximum atomic E-state index is 5.93. The number of aromatic nitrogens is 1. The number of nitrogens with one attached hydrogen (secondary N) is 1. The lowest BCUT2D eigenvalue weighted by Gasteiger charge is -2.04. The molecule has 1 aromatic heterocycles. The number of benzene rings is 2. The minimum absolute atomic E-state index is 0.784. The van der Waals surface area contributed by atoms with Gasteiger partial charge in [-0.15, -0.1) is 0 Å². The number of fused-ring (bicyclic) bond motifs is 1. The predicted molar refractivity (Wildman–Crippen MR) is 88.4 cm³/mol. The number of hydrogen-bond acceptors (Lipinski definition) is 1. The summed E-state index contributed by atoms with van der Waals surface area (Å²) in [5, 5.41) is 2.03. The second-order valence-electron chi connectivity index (χ2n) is 5.27. The van der Waals surface area contributed by atoms with E-state index in [1.165, 1.54) is 27.7 Å². The monoisotopic (exact) mass is 299 g/mol. The van der Waals surface area contributed by atoms with Crippen molar-refractivity contribution in [2.24, 2.45) is 0 Å². The average molecular weight is 300 g/mol. The Kier molecular flexibility index (Phi) is 3.89. The number of hydrogen-bond donors (Lipinski definition) is 1. The van der Waals surface area contributed by atoms with E-state index in [-0.39, 0.29) is 0 Å². The van der Waals surface area contributed by atoms with E-state index in [4.69, 9.17) is 16.3 Å². The molecule has 0 amide bonds. The molecular weight excluding hydrogens is 282 g/mol. The van der Waals surface area contributed by atoms with Crippen molar-refractivity contribution in [1.82, 2.24) is 4.98 Å². The van der Waals surface area contributed by atoms with Crippen LogP contribution in [0, 0.1) is 6.92 Å². The van der Waals surface area contributed by atoms with Gasteiger partial charge in [0.05, 0.1) is 7.11 Å². The second kappa shape index (κ2) is 5.82. The van der Waals surface area contributed by atoms with E-state index in [0.717, 1.165) is 23.6 Å². The lowest BCUT2D eigenvalue weighted by molar-refractivity contribution is 0.415.